The third-order valence-electron chi connectivity index (χ3n) is 2.64. The Morgan fingerprint density at radius 3 is 2.85 bits per heavy atom. The number of ketones is 1. The van der Waals surface area contributed by atoms with Crippen LogP contribution in [0.4, 0.5) is 0 Å². The lowest BCUT2D eigenvalue weighted by Crippen LogP contribution is -2.32. The van der Waals surface area contributed by atoms with Crippen LogP contribution in [0, 0.1) is 5.92 Å². The molecule has 0 N–H and O–H groups in total. The molecular formula is C9H13NO3. The second kappa shape index (κ2) is 3.46. The molecule has 0 aromatic carbocycles. The van der Waals surface area contributed by atoms with Gasteiger partial charge in [0.25, 0.3) is 5.91 Å². The lowest BCUT2D eigenvalue weighted by atomic mass is 10.1. The molecule has 2 fully saturated rings. The predicted octanol–water partition coefficient (Wildman–Crippen LogP) is -0.176. The third-order valence-corrected chi connectivity index (χ3v) is 2.64. The summed E-state index contributed by atoms with van der Waals surface area (Å²) in [7, 11) is 0. The maximum absolute atomic E-state index is 11.2. The highest BCUT2D eigenvalue weighted by atomic mass is 16.5. The zero-order chi connectivity index (χ0) is 9.26. The van der Waals surface area contributed by atoms with Gasteiger partial charge in [-0.05, 0) is 6.42 Å². The van der Waals surface area contributed by atoms with Crippen LogP contribution in [0.3, 0.4) is 0 Å². The van der Waals surface area contributed by atoms with E-state index in [4.69, 9.17) is 4.74 Å². The minimum Gasteiger partial charge on any atom is -0.381 e. The molecule has 1 amide bonds. The fourth-order valence-corrected chi connectivity index (χ4v) is 1.83. The standard InChI is InChI=1S/C9H13NO3/c11-8-1-3-10(9(8)12)5-7-2-4-13-6-7/h7H,1-6H2. The van der Waals surface area contributed by atoms with E-state index < -0.39 is 0 Å². The highest BCUT2D eigenvalue weighted by Gasteiger charge is 2.31. The minimum absolute atomic E-state index is 0.237. The van der Waals surface area contributed by atoms with Crippen LogP contribution < -0.4 is 0 Å². The Hall–Kier alpha value is -0.900. The first-order valence-electron chi connectivity index (χ1n) is 4.67. The Kier molecular flexibility index (Phi) is 2.31. The van der Waals surface area contributed by atoms with Crippen molar-refractivity contribution < 1.29 is 14.3 Å². The van der Waals surface area contributed by atoms with Crippen molar-refractivity contribution in [1.29, 1.82) is 0 Å². The maximum atomic E-state index is 11.2. The maximum Gasteiger partial charge on any atom is 0.290 e. The summed E-state index contributed by atoms with van der Waals surface area (Å²) in [5.41, 5.74) is 0. The zero-order valence-electron chi connectivity index (χ0n) is 7.49. The number of carbonyl (C=O) groups excluding carboxylic acids is 2. The molecule has 4 heteroatoms. The predicted molar refractivity (Wildman–Crippen MR) is 45.1 cm³/mol. The number of ether oxygens (including phenoxy) is 1. The smallest absolute Gasteiger partial charge is 0.290 e. The molecule has 0 bridgehead atoms. The SMILES string of the molecule is O=C1CCN(CC2CCOC2)C1=O. The van der Waals surface area contributed by atoms with Crippen molar-refractivity contribution in [2.75, 3.05) is 26.3 Å². The summed E-state index contributed by atoms with van der Waals surface area (Å²) in [4.78, 5) is 23.8. The van der Waals surface area contributed by atoms with Crippen molar-refractivity contribution in [3.8, 4) is 0 Å². The van der Waals surface area contributed by atoms with Gasteiger partial charge >= 0.3 is 0 Å². The second-order valence-electron chi connectivity index (χ2n) is 3.65. The topological polar surface area (TPSA) is 46.6 Å². The van der Waals surface area contributed by atoms with Gasteiger partial charge in [-0.25, -0.2) is 0 Å². The largest absolute Gasteiger partial charge is 0.381 e. The number of rotatable bonds is 2. The summed E-state index contributed by atoms with van der Waals surface area (Å²) in [6, 6.07) is 0. The van der Waals surface area contributed by atoms with Crippen LogP contribution in [0.15, 0.2) is 0 Å². The number of amides is 1. The van der Waals surface area contributed by atoms with Gasteiger partial charge in [-0.15, -0.1) is 0 Å². The first kappa shape index (κ1) is 8.69. The number of hydrogen-bond acceptors (Lipinski definition) is 3. The molecule has 13 heavy (non-hydrogen) atoms. The average Bonchev–Trinajstić information content (AvgIpc) is 2.71. The van der Waals surface area contributed by atoms with Crippen molar-refractivity contribution in [1.82, 2.24) is 4.90 Å². The molecule has 2 rings (SSSR count). The van der Waals surface area contributed by atoms with Crippen LogP contribution in [0.1, 0.15) is 12.8 Å². The molecule has 1 unspecified atom stereocenters. The molecule has 0 aliphatic carbocycles. The van der Waals surface area contributed by atoms with E-state index in [1.54, 1.807) is 4.90 Å². The Bertz CT molecular complexity index is 233. The van der Waals surface area contributed by atoms with Gasteiger partial charge in [-0.1, -0.05) is 0 Å². The van der Waals surface area contributed by atoms with Crippen LogP contribution in [0.5, 0.6) is 0 Å². The van der Waals surface area contributed by atoms with Gasteiger partial charge in [0.15, 0.2) is 0 Å². The number of hydrogen-bond donors (Lipinski definition) is 0. The lowest BCUT2D eigenvalue weighted by molar-refractivity contribution is -0.140. The van der Waals surface area contributed by atoms with Gasteiger partial charge in [0, 0.05) is 32.0 Å². The Labute approximate surface area is 76.8 Å². The van der Waals surface area contributed by atoms with Gasteiger partial charge in [0.2, 0.25) is 5.78 Å². The molecule has 0 radical (unpaired) electrons. The second-order valence-corrected chi connectivity index (χ2v) is 3.65. The fraction of sp³-hybridized carbons (Fsp3) is 0.778. The van der Waals surface area contributed by atoms with Crippen molar-refractivity contribution in [3.05, 3.63) is 0 Å². The molecule has 2 aliphatic heterocycles. The van der Waals surface area contributed by atoms with Crippen molar-refractivity contribution >= 4 is 11.7 Å². The van der Waals surface area contributed by atoms with E-state index >= 15 is 0 Å². The Morgan fingerprint density at radius 2 is 2.31 bits per heavy atom. The van der Waals surface area contributed by atoms with E-state index in [1.165, 1.54) is 0 Å². The van der Waals surface area contributed by atoms with Crippen molar-refractivity contribution in [2.24, 2.45) is 5.92 Å². The van der Waals surface area contributed by atoms with E-state index in [9.17, 15) is 9.59 Å². The van der Waals surface area contributed by atoms with Crippen LogP contribution >= 0.6 is 0 Å². The van der Waals surface area contributed by atoms with Gasteiger partial charge < -0.3 is 9.64 Å². The summed E-state index contributed by atoms with van der Waals surface area (Å²) >= 11 is 0. The number of likely N-dealkylation sites (tertiary alicyclic amines) is 1. The fourth-order valence-electron chi connectivity index (χ4n) is 1.83. The number of Topliss-reactive ketones (excluding diaryl/α,β-unsaturated/α-hetero) is 1. The average molecular weight is 183 g/mol. The summed E-state index contributed by atoms with van der Waals surface area (Å²) in [6.07, 6.45) is 1.41. The zero-order valence-corrected chi connectivity index (χ0v) is 7.49. The highest BCUT2D eigenvalue weighted by molar-refractivity contribution is 6.37. The van der Waals surface area contributed by atoms with E-state index in [1.807, 2.05) is 0 Å². The number of nitrogens with zero attached hydrogens (tertiary/aromatic N) is 1. The van der Waals surface area contributed by atoms with Crippen molar-refractivity contribution in [2.45, 2.75) is 12.8 Å². The Balaban J connectivity index is 1.87. The van der Waals surface area contributed by atoms with Gasteiger partial charge in [0.05, 0.1) is 6.61 Å². The molecule has 1 atom stereocenters. The lowest BCUT2D eigenvalue weighted by Gasteiger charge is -2.17. The van der Waals surface area contributed by atoms with Crippen LogP contribution in [0.2, 0.25) is 0 Å². The van der Waals surface area contributed by atoms with Gasteiger partial charge in [-0.2, -0.15) is 0 Å². The molecule has 0 aromatic heterocycles. The monoisotopic (exact) mass is 183 g/mol. The molecule has 72 valence electrons. The number of carbonyl (C=O) groups is 2. The molecule has 0 saturated carbocycles. The molecule has 2 saturated heterocycles. The summed E-state index contributed by atoms with van der Waals surface area (Å²) in [6.45, 7) is 2.83. The van der Waals surface area contributed by atoms with E-state index in [-0.39, 0.29) is 11.7 Å². The van der Waals surface area contributed by atoms with Gasteiger partial charge in [-0.3, -0.25) is 9.59 Å². The van der Waals surface area contributed by atoms with Gasteiger partial charge in [0.1, 0.15) is 0 Å². The Morgan fingerprint density at radius 1 is 1.46 bits per heavy atom. The summed E-state index contributed by atoms with van der Waals surface area (Å²) in [5, 5.41) is 0. The molecule has 2 heterocycles. The van der Waals surface area contributed by atoms with E-state index in [0.29, 0.717) is 25.4 Å². The summed E-state index contributed by atoms with van der Waals surface area (Å²) < 4.78 is 5.21. The minimum atomic E-state index is -0.299. The van der Waals surface area contributed by atoms with Crippen LogP contribution in [0.25, 0.3) is 0 Å². The van der Waals surface area contributed by atoms with E-state index in [2.05, 4.69) is 0 Å². The quantitative estimate of drug-likeness (QED) is 0.558. The molecular weight excluding hydrogens is 170 g/mol. The third kappa shape index (κ3) is 1.72. The molecule has 2 aliphatic rings. The van der Waals surface area contributed by atoms with Crippen LogP contribution in [-0.4, -0.2) is 42.9 Å². The van der Waals surface area contributed by atoms with E-state index in [0.717, 1.165) is 19.6 Å². The molecule has 0 aromatic rings. The normalized spacial score (nSPS) is 28.9. The molecule has 0 spiro atoms. The first-order valence-corrected chi connectivity index (χ1v) is 4.67. The molecule has 4 nitrogen and oxygen atoms in total. The van der Waals surface area contributed by atoms with Crippen molar-refractivity contribution in [3.63, 3.8) is 0 Å². The summed E-state index contributed by atoms with van der Waals surface area (Å²) in [5.74, 6) is -0.0966. The highest BCUT2D eigenvalue weighted by Crippen LogP contribution is 2.16. The van der Waals surface area contributed by atoms with Crippen LogP contribution in [-0.2, 0) is 14.3 Å². The first-order chi connectivity index (χ1) is 6.27.